The Morgan fingerprint density at radius 3 is 2.91 bits per heavy atom. The lowest BCUT2D eigenvalue weighted by atomic mass is 10.2. The number of halogens is 3. The molecule has 23 heavy (non-hydrogen) atoms. The lowest BCUT2D eigenvalue weighted by Crippen LogP contribution is -2.17. The molecule has 0 radical (unpaired) electrons. The fourth-order valence-electron chi connectivity index (χ4n) is 2.08. The van der Waals surface area contributed by atoms with Gasteiger partial charge in [0.05, 0.1) is 11.2 Å². The van der Waals surface area contributed by atoms with Crippen LogP contribution in [-0.2, 0) is 5.75 Å². The summed E-state index contributed by atoms with van der Waals surface area (Å²) in [5, 5.41) is 0.809. The summed E-state index contributed by atoms with van der Waals surface area (Å²) in [5.41, 5.74) is 2.83. The average molecular weight is 356 g/mol. The van der Waals surface area contributed by atoms with Crippen molar-refractivity contribution >= 4 is 34.4 Å². The van der Waals surface area contributed by atoms with Crippen LogP contribution < -0.4 is 4.84 Å². The Balaban J connectivity index is 1.94. The van der Waals surface area contributed by atoms with E-state index in [0.29, 0.717) is 27.0 Å². The number of hydrogen-bond acceptors (Lipinski definition) is 4. The van der Waals surface area contributed by atoms with Crippen molar-refractivity contribution in [2.45, 2.75) is 24.4 Å². The summed E-state index contributed by atoms with van der Waals surface area (Å²) in [6.45, 7) is -1.000. The predicted octanol–water partition coefficient (Wildman–Crippen LogP) is 4.34. The van der Waals surface area contributed by atoms with E-state index >= 15 is 0 Å². The van der Waals surface area contributed by atoms with Crippen molar-refractivity contribution < 1.29 is 13.6 Å². The Kier molecular flexibility index (Phi) is 4.68. The summed E-state index contributed by atoms with van der Waals surface area (Å²) in [6.07, 6.45) is 1.70. The van der Waals surface area contributed by atoms with Crippen molar-refractivity contribution in [3.8, 4) is 0 Å². The van der Waals surface area contributed by atoms with Crippen molar-refractivity contribution in [1.29, 1.82) is 0 Å². The van der Waals surface area contributed by atoms with Crippen LogP contribution in [0.3, 0.4) is 0 Å². The second-order valence-corrected chi connectivity index (χ2v) is 6.12. The van der Waals surface area contributed by atoms with Crippen molar-refractivity contribution in [3.63, 3.8) is 0 Å². The summed E-state index contributed by atoms with van der Waals surface area (Å²) in [5.74, 6) is 0.496. The van der Waals surface area contributed by atoms with E-state index in [1.54, 1.807) is 24.4 Å². The third-order valence-electron chi connectivity index (χ3n) is 3.19. The van der Waals surface area contributed by atoms with Crippen molar-refractivity contribution in [3.05, 3.63) is 52.8 Å². The highest BCUT2D eigenvalue weighted by Crippen LogP contribution is 2.28. The third kappa shape index (κ3) is 3.56. The van der Waals surface area contributed by atoms with Gasteiger partial charge in [0.15, 0.2) is 0 Å². The van der Waals surface area contributed by atoms with Gasteiger partial charge in [0.1, 0.15) is 5.52 Å². The van der Waals surface area contributed by atoms with Crippen molar-refractivity contribution in [2.75, 3.05) is 0 Å². The second kappa shape index (κ2) is 6.72. The molecular formula is C15H12ClF2N3OS. The molecule has 2 heterocycles. The Morgan fingerprint density at radius 2 is 2.17 bits per heavy atom. The number of rotatable bonds is 5. The van der Waals surface area contributed by atoms with Crippen molar-refractivity contribution in [2.24, 2.45) is 0 Å². The van der Waals surface area contributed by atoms with Gasteiger partial charge in [0.25, 0.3) is 0 Å². The number of hydrogen-bond donors (Lipinski definition) is 0. The lowest BCUT2D eigenvalue weighted by molar-refractivity contribution is -0.135. The van der Waals surface area contributed by atoms with E-state index in [2.05, 4.69) is 14.8 Å². The molecule has 1 aromatic carbocycles. The smallest absolute Gasteiger partial charge is 0.341 e. The number of nitrogens with zero attached hydrogens (tertiary/aromatic N) is 3. The minimum Gasteiger partial charge on any atom is -0.341 e. The van der Waals surface area contributed by atoms with Crippen LogP contribution in [0.1, 0.15) is 11.3 Å². The highest BCUT2D eigenvalue weighted by molar-refractivity contribution is 7.98. The fourth-order valence-corrected chi connectivity index (χ4v) is 3.24. The maximum absolute atomic E-state index is 12.7. The van der Waals surface area contributed by atoms with Gasteiger partial charge in [-0.2, -0.15) is 13.5 Å². The molecule has 0 aliphatic heterocycles. The van der Waals surface area contributed by atoms with Crippen LogP contribution in [-0.4, -0.2) is 21.3 Å². The fraction of sp³-hybridized carbons (Fsp3) is 0.200. The number of thioether (sulfide) groups is 1. The molecule has 3 rings (SSSR count). The van der Waals surface area contributed by atoms with E-state index in [-0.39, 0.29) is 0 Å². The molecule has 0 bridgehead atoms. The van der Waals surface area contributed by atoms with Gasteiger partial charge in [0, 0.05) is 17.0 Å². The summed E-state index contributed by atoms with van der Waals surface area (Å²) in [7, 11) is 0. The summed E-state index contributed by atoms with van der Waals surface area (Å²) in [4.78, 5) is 13.2. The molecule has 0 N–H and O–H groups in total. The van der Waals surface area contributed by atoms with E-state index < -0.39 is 6.61 Å². The van der Waals surface area contributed by atoms with Gasteiger partial charge in [-0.1, -0.05) is 29.4 Å². The summed E-state index contributed by atoms with van der Waals surface area (Å²) < 4.78 is 26.4. The van der Waals surface area contributed by atoms with E-state index in [4.69, 9.17) is 11.6 Å². The maximum Gasteiger partial charge on any atom is 0.405 e. The zero-order valence-electron chi connectivity index (χ0n) is 12.0. The molecule has 8 heteroatoms. The SMILES string of the molecule is Cc1cccnc1CSc1nc2cc(Cl)ccc2n1OC(F)F. The van der Waals surface area contributed by atoms with E-state index in [1.165, 1.54) is 11.8 Å². The molecule has 3 aromatic rings. The minimum atomic E-state index is -2.95. The van der Waals surface area contributed by atoms with Crippen LogP contribution in [0.25, 0.3) is 11.0 Å². The average Bonchev–Trinajstić information content (AvgIpc) is 2.83. The molecule has 0 fully saturated rings. The Labute approximate surface area is 140 Å². The molecule has 0 amide bonds. The van der Waals surface area contributed by atoms with Gasteiger partial charge in [-0.15, -0.1) is 0 Å². The van der Waals surface area contributed by atoms with Crippen LogP contribution >= 0.6 is 23.4 Å². The van der Waals surface area contributed by atoms with Gasteiger partial charge >= 0.3 is 6.61 Å². The van der Waals surface area contributed by atoms with E-state index in [1.807, 2.05) is 19.1 Å². The molecule has 0 unspecified atom stereocenters. The molecule has 0 spiro atoms. The maximum atomic E-state index is 12.7. The second-order valence-electron chi connectivity index (χ2n) is 4.74. The largest absolute Gasteiger partial charge is 0.405 e. The number of pyridine rings is 1. The number of aromatic nitrogens is 3. The topological polar surface area (TPSA) is 39.9 Å². The number of imidazole rings is 1. The summed E-state index contributed by atoms with van der Waals surface area (Å²) >= 11 is 7.20. The number of aryl methyl sites for hydroxylation is 1. The minimum absolute atomic E-state index is 0.326. The summed E-state index contributed by atoms with van der Waals surface area (Å²) in [6, 6.07) is 8.61. The molecule has 4 nitrogen and oxygen atoms in total. The Morgan fingerprint density at radius 1 is 1.35 bits per heavy atom. The lowest BCUT2D eigenvalue weighted by Gasteiger charge is -2.09. The van der Waals surface area contributed by atoms with Crippen molar-refractivity contribution in [1.82, 2.24) is 14.7 Å². The molecule has 0 saturated heterocycles. The predicted molar refractivity (Wildman–Crippen MR) is 85.9 cm³/mol. The van der Waals surface area contributed by atoms with E-state index in [0.717, 1.165) is 16.0 Å². The van der Waals surface area contributed by atoms with Gasteiger partial charge in [-0.25, -0.2) is 4.98 Å². The Hall–Kier alpha value is -1.86. The monoisotopic (exact) mass is 355 g/mol. The third-order valence-corrected chi connectivity index (χ3v) is 4.36. The molecule has 0 atom stereocenters. The van der Waals surface area contributed by atoms with Gasteiger partial charge in [-0.3, -0.25) is 4.98 Å². The van der Waals surface area contributed by atoms with Gasteiger partial charge < -0.3 is 4.84 Å². The highest BCUT2D eigenvalue weighted by Gasteiger charge is 2.17. The van der Waals surface area contributed by atoms with Crippen LogP contribution in [0.4, 0.5) is 8.78 Å². The molecule has 0 aliphatic rings. The normalized spacial score (nSPS) is 11.3. The molecule has 120 valence electrons. The van der Waals surface area contributed by atoms with Crippen LogP contribution in [0.5, 0.6) is 0 Å². The number of alkyl halides is 2. The highest BCUT2D eigenvalue weighted by atomic mass is 35.5. The first-order chi connectivity index (χ1) is 11.0. The van der Waals surface area contributed by atoms with E-state index in [9.17, 15) is 8.78 Å². The van der Waals surface area contributed by atoms with Crippen LogP contribution in [0.15, 0.2) is 41.7 Å². The Bertz CT molecular complexity index is 841. The standard InChI is InChI=1S/C15H12ClF2N3OS/c1-9-3-2-6-19-12(9)8-23-15-20-11-7-10(16)4-5-13(11)21(15)22-14(17)18/h2-7,14H,8H2,1H3. The van der Waals surface area contributed by atoms with Gasteiger partial charge in [0.2, 0.25) is 5.16 Å². The quantitative estimate of drug-likeness (QED) is 0.638. The van der Waals surface area contributed by atoms with Gasteiger partial charge in [-0.05, 0) is 36.8 Å². The first-order valence-electron chi connectivity index (χ1n) is 6.71. The number of benzene rings is 1. The molecule has 0 aliphatic carbocycles. The molecule has 0 saturated carbocycles. The first kappa shape index (κ1) is 16.0. The van der Waals surface area contributed by atoms with Crippen LogP contribution in [0, 0.1) is 6.92 Å². The van der Waals surface area contributed by atoms with Crippen LogP contribution in [0.2, 0.25) is 5.02 Å². The number of fused-ring (bicyclic) bond motifs is 1. The zero-order chi connectivity index (χ0) is 16.4. The molecule has 2 aromatic heterocycles. The molecular weight excluding hydrogens is 344 g/mol. The zero-order valence-corrected chi connectivity index (χ0v) is 13.6. The first-order valence-corrected chi connectivity index (χ1v) is 8.07.